The van der Waals surface area contributed by atoms with Crippen LogP contribution in [0.5, 0.6) is 0 Å². The molecule has 1 aromatic carbocycles. The third-order valence-electron chi connectivity index (χ3n) is 5.46. The zero-order chi connectivity index (χ0) is 21.5. The molecule has 2 heterocycles. The van der Waals surface area contributed by atoms with E-state index in [1.807, 2.05) is 6.07 Å². The molecule has 2 amide bonds. The Morgan fingerprint density at radius 2 is 2.00 bits per heavy atom. The van der Waals surface area contributed by atoms with Gasteiger partial charge in [0.1, 0.15) is 6.04 Å². The van der Waals surface area contributed by atoms with Crippen molar-refractivity contribution in [3.05, 3.63) is 34.9 Å². The number of thioether (sulfide) groups is 1. The number of rotatable bonds is 8. The largest absolute Gasteiger partial charge is 0.379 e. The molecule has 166 valence electrons. The molecule has 2 saturated heterocycles. The van der Waals surface area contributed by atoms with Gasteiger partial charge in [-0.3, -0.25) is 14.5 Å². The lowest BCUT2D eigenvalue weighted by Gasteiger charge is -2.30. The summed E-state index contributed by atoms with van der Waals surface area (Å²) in [6, 6.07) is 6.60. The number of hydrogen-bond acceptors (Lipinski definition) is 5. The number of halogens is 1. The first kappa shape index (κ1) is 23.4. The Bertz CT molecular complexity index is 727. The summed E-state index contributed by atoms with van der Waals surface area (Å²) < 4.78 is 5.37. The predicted molar refractivity (Wildman–Crippen MR) is 122 cm³/mol. The van der Waals surface area contributed by atoms with E-state index in [0.717, 1.165) is 45.7 Å². The third kappa shape index (κ3) is 6.13. The van der Waals surface area contributed by atoms with Gasteiger partial charge >= 0.3 is 0 Å². The molecule has 0 aromatic heterocycles. The van der Waals surface area contributed by atoms with E-state index >= 15 is 0 Å². The highest BCUT2D eigenvalue weighted by Gasteiger charge is 2.42. The molecular formula is C22H32ClN3O3S. The summed E-state index contributed by atoms with van der Waals surface area (Å²) in [4.78, 5) is 30.4. The van der Waals surface area contributed by atoms with Gasteiger partial charge in [-0.15, -0.1) is 11.8 Å². The molecule has 0 saturated carbocycles. The predicted octanol–water partition coefficient (Wildman–Crippen LogP) is 3.11. The standard InChI is InChI=1S/C22H32ClN3O3S/c1-16(2)14-20-26(22(28)17-6-3-4-7-18(17)23)19(15-30-20)21(27)24-8-5-9-25-10-12-29-13-11-25/h3-4,6-7,16,19-20H,5,8-15H2,1-2H3,(H,24,27). The molecule has 30 heavy (non-hydrogen) atoms. The number of nitrogens with zero attached hydrogens (tertiary/aromatic N) is 2. The number of benzene rings is 1. The van der Waals surface area contributed by atoms with E-state index in [9.17, 15) is 9.59 Å². The summed E-state index contributed by atoms with van der Waals surface area (Å²) >= 11 is 7.97. The maximum absolute atomic E-state index is 13.3. The van der Waals surface area contributed by atoms with Crippen LogP contribution >= 0.6 is 23.4 Å². The number of nitrogens with one attached hydrogen (secondary N) is 1. The number of carbonyl (C=O) groups is 2. The molecule has 0 aliphatic carbocycles. The zero-order valence-electron chi connectivity index (χ0n) is 17.8. The maximum Gasteiger partial charge on any atom is 0.256 e. The Morgan fingerprint density at radius 3 is 2.70 bits per heavy atom. The van der Waals surface area contributed by atoms with Crippen LogP contribution in [0.25, 0.3) is 0 Å². The van der Waals surface area contributed by atoms with E-state index in [-0.39, 0.29) is 17.2 Å². The molecule has 1 aromatic rings. The Labute approximate surface area is 188 Å². The minimum Gasteiger partial charge on any atom is -0.379 e. The van der Waals surface area contributed by atoms with Gasteiger partial charge in [0.25, 0.3) is 5.91 Å². The maximum atomic E-state index is 13.3. The number of ether oxygens (including phenoxy) is 1. The van der Waals surface area contributed by atoms with Crippen LogP contribution in [0.1, 0.15) is 37.0 Å². The molecule has 3 rings (SSSR count). The zero-order valence-corrected chi connectivity index (χ0v) is 19.4. The number of morpholine rings is 1. The highest BCUT2D eigenvalue weighted by molar-refractivity contribution is 8.00. The summed E-state index contributed by atoms with van der Waals surface area (Å²) in [6.07, 6.45) is 1.74. The second-order valence-electron chi connectivity index (χ2n) is 8.22. The SMILES string of the molecule is CC(C)CC1SCC(C(=O)NCCCN2CCOCC2)N1C(=O)c1ccccc1Cl. The second-order valence-corrected chi connectivity index (χ2v) is 9.84. The molecule has 6 nitrogen and oxygen atoms in total. The van der Waals surface area contributed by atoms with Crippen molar-refractivity contribution >= 4 is 35.2 Å². The van der Waals surface area contributed by atoms with Crippen molar-refractivity contribution in [3.8, 4) is 0 Å². The van der Waals surface area contributed by atoms with Crippen LogP contribution < -0.4 is 5.32 Å². The average molecular weight is 454 g/mol. The fourth-order valence-corrected chi connectivity index (χ4v) is 5.71. The van der Waals surface area contributed by atoms with E-state index in [4.69, 9.17) is 16.3 Å². The molecule has 8 heteroatoms. The van der Waals surface area contributed by atoms with Crippen molar-refractivity contribution in [1.82, 2.24) is 15.1 Å². The van der Waals surface area contributed by atoms with Crippen LogP contribution in [-0.2, 0) is 9.53 Å². The molecule has 0 bridgehead atoms. The van der Waals surface area contributed by atoms with Crippen LogP contribution in [0.3, 0.4) is 0 Å². The minimum absolute atomic E-state index is 0.0159. The van der Waals surface area contributed by atoms with Crippen molar-refractivity contribution < 1.29 is 14.3 Å². The van der Waals surface area contributed by atoms with Crippen LogP contribution in [0.15, 0.2) is 24.3 Å². The van der Waals surface area contributed by atoms with Gasteiger partial charge in [0, 0.05) is 25.4 Å². The van der Waals surface area contributed by atoms with Crippen molar-refractivity contribution in [2.24, 2.45) is 5.92 Å². The summed E-state index contributed by atoms with van der Waals surface area (Å²) in [6.45, 7) is 9.29. The van der Waals surface area contributed by atoms with Gasteiger partial charge in [-0.2, -0.15) is 0 Å². The van der Waals surface area contributed by atoms with Crippen molar-refractivity contribution in [2.45, 2.75) is 38.1 Å². The van der Waals surface area contributed by atoms with E-state index in [1.54, 1.807) is 34.9 Å². The van der Waals surface area contributed by atoms with Gasteiger partial charge in [-0.05, 0) is 37.4 Å². The highest BCUT2D eigenvalue weighted by atomic mass is 35.5. The van der Waals surface area contributed by atoms with Gasteiger partial charge in [0.15, 0.2) is 0 Å². The summed E-state index contributed by atoms with van der Waals surface area (Å²) in [7, 11) is 0. The van der Waals surface area contributed by atoms with E-state index < -0.39 is 6.04 Å². The molecule has 0 radical (unpaired) electrons. The topological polar surface area (TPSA) is 61.9 Å². The lowest BCUT2D eigenvalue weighted by molar-refractivity contribution is -0.124. The fraction of sp³-hybridized carbons (Fsp3) is 0.636. The van der Waals surface area contributed by atoms with Gasteiger partial charge in [-0.25, -0.2) is 0 Å². The smallest absolute Gasteiger partial charge is 0.256 e. The Balaban J connectivity index is 1.61. The van der Waals surface area contributed by atoms with Gasteiger partial charge in [-0.1, -0.05) is 37.6 Å². The average Bonchev–Trinajstić information content (AvgIpc) is 3.14. The quantitative estimate of drug-likeness (QED) is 0.613. The Kier molecular flexibility index (Phi) is 8.86. The van der Waals surface area contributed by atoms with E-state index in [2.05, 4.69) is 24.1 Å². The highest BCUT2D eigenvalue weighted by Crippen LogP contribution is 2.35. The molecule has 2 fully saturated rings. The molecule has 1 N–H and O–H groups in total. The third-order valence-corrected chi connectivity index (χ3v) is 7.10. The lowest BCUT2D eigenvalue weighted by Crippen LogP contribution is -2.50. The number of hydrogen-bond donors (Lipinski definition) is 1. The van der Waals surface area contributed by atoms with Gasteiger partial charge in [0.05, 0.1) is 29.2 Å². The number of amides is 2. The van der Waals surface area contributed by atoms with Crippen molar-refractivity contribution in [2.75, 3.05) is 45.1 Å². The van der Waals surface area contributed by atoms with Crippen LogP contribution in [-0.4, -0.2) is 78.2 Å². The van der Waals surface area contributed by atoms with Crippen LogP contribution in [0.2, 0.25) is 5.02 Å². The molecule has 0 spiro atoms. The summed E-state index contributed by atoms with van der Waals surface area (Å²) in [5.74, 6) is 0.809. The minimum atomic E-state index is -0.467. The molecular weight excluding hydrogens is 422 g/mol. The van der Waals surface area contributed by atoms with Gasteiger partial charge in [0.2, 0.25) is 5.91 Å². The molecule has 2 aliphatic heterocycles. The Morgan fingerprint density at radius 1 is 1.27 bits per heavy atom. The van der Waals surface area contributed by atoms with E-state index in [0.29, 0.717) is 28.8 Å². The first-order chi connectivity index (χ1) is 14.5. The van der Waals surface area contributed by atoms with E-state index in [1.165, 1.54) is 0 Å². The normalized spacial score (nSPS) is 22.5. The molecule has 2 atom stereocenters. The van der Waals surface area contributed by atoms with Crippen LogP contribution in [0, 0.1) is 5.92 Å². The first-order valence-electron chi connectivity index (χ1n) is 10.7. The lowest BCUT2D eigenvalue weighted by atomic mass is 10.1. The number of carbonyl (C=O) groups excluding carboxylic acids is 2. The second kappa shape index (κ2) is 11.4. The van der Waals surface area contributed by atoms with Crippen molar-refractivity contribution in [3.63, 3.8) is 0 Å². The Hall–Kier alpha value is -1.28. The summed E-state index contributed by atoms with van der Waals surface area (Å²) in [5, 5.41) is 3.46. The fourth-order valence-electron chi connectivity index (χ4n) is 3.85. The molecule has 2 aliphatic rings. The monoisotopic (exact) mass is 453 g/mol. The van der Waals surface area contributed by atoms with Gasteiger partial charge < -0.3 is 15.0 Å². The summed E-state index contributed by atoms with van der Waals surface area (Å²) in [5.41, 5.74) is 0.459. The van der Waals surface area contributed by atoms with Crippen molar-refractivity contribution in [1.29, 1.82) is 0 Å². The van der Waals surface area contributed by atoms with Crippen LogP contribution in [0.4, 0.5) is 0 Å². The molecule has 2 unspecified atom stereocenters. The first-order valence-corrected chi connectivity index (χ1v) is 12.2.